The van der Waals surface area contributed by atoms with Gasteiger partial charge in [-0.3, -0.25) is 4.68 Å². The van der Waals surface area contributed by atoms with Crippen molar-refractivity contribution >= 4 is 11.8 Å². The molecule has 1 aliphatic carbocycles. The van der Waals surface area contributed by atoms with E-state index in [9.17, 15) is 0 Å². The Morgan fingerprint density at radius 1 is 1.50 bits per heavy atom. The molecule has 3 nitrogen and oxygen atoms in total. The lowest BCUT2D eigenvalue weighted by Crippen LogP contribution is -2.08. The quantitative estimate of drug-likeness (QED) is 0.703. The molecule has 0 N–H and O–H groups in total. The van der Waals surface area contributed by atoms with Crippen LogP contribution in [0.3, 0.4) is 0 Å². The first-order valence-electron chi connectivity index (χ1n) is 4.98. The molecular formula is C10H11N3S. The predicted molar refractivity (Wildman–Crippen MR) is 55.1 cm³/mol. The molecular weight excluding hydrogens is 194 g/mol. The van der Waals surface area contributed by atoms with Crippen LogP contribution in [0.5, 0.6) is 0 Å². The van der Waals surface area contributed by atoms with Crippen LogP contribution in [0.4, 0.5) is 0 Å². The average Bonchev–Trinajstić information content (AvgIpc) is 3.00. The summed E-state index contributed by atoms with van der Waals surface area (Å²) in [6.07, 6.45) is 3.57. The van der Waals surface area contributed by atoms with Gasteiger partial charge >= 0.3 is 0 Å². The maximum absolute atomic E-state index is 8.97. The van der Waals surface area contributed by atoms with Crippen LogP contribution in [0.2, 0.25) is 0 Å². The van der Waals surface area contributed by atoms with Crippen molar-refractivity contribution in [3.63, 3.8) is 0 Å². The summed E-state index contributed by atoms with van der Waals surface area (Å²) < 4.78 is 2.12. The molecule has 0 bridgehead atoms. The number of thioether (sulfide) groups is 1. The summed E-state index contributed by atoms with van der Waals surface area (Å²) in [5, 5.41) is 13.4. The number of rotatable bonds is 1. The topological polar surface area (TPSA) is 41.6 Å². The lowest BCUT2D eigenvalue weighted by molar-refractivity contribution is 0.606. The molecule has 0 radical (unpaired) electrons. The second-order valence-corrected chi connectivity index (χ2v) is 4.97. The van der Waals surface area contributed by atoms with Crippen LogP contribution < -0.4 is 0 Å². The molecule has 1 aromatic rings. The Balaban J connectivity index is 2.12. The molecule has 1 aliphatic heterocycles. The zero-order chi connectivity index (χ0) is 9.54. The van der Waals surface area contributed by atoms with Crippen LogP contribution >= 0.6 is 11.8 Å². The second-order valence-electron chi connectivity index (χ2n) is 3.86. The third kappa shape index (κ3) is 1.16. The second kappa shape index (κ2) is 3.03. The summed E-state index contributed by atoms with van der Waals surface area (Å²) in [7, 11) is 0. The molecule has 4 heteroatoms. The van der Waals surface area contributed by atoms with Crippen molar-refractivity contribution in [3.05, 3.63) is 17.0 Å². The third-order valence-corrected chi connectivity index (χ3v) is 3.83. The predicted octanol–water partition coefficient (Wildman–Crippen LogP) is 1.88. The molecule has 2 aliphatic rings. The van der Waals surface area contributed by atoms with Crippen molar-refractivity contribution in [3.8, 4) is 6.07 Å². The van der Waals surface area contributed by atoms with Gasteiger partial charge < -0.3 is 0 Å². The zero-order valence-corrected chi connectivity index (χ0v) is 8.68. The van der Waals surface area contributed by atoms with Crippen molar-refractivity contribution in [2.24, 2.45) is 0 Å². The fraction of sp³-hybridized carbons (Fsp3) is 0.600. The minimum atomic E-state index is 0.606. The minimum absolute atomic E-state index is 0.606. The van der Waals surface area contributed by atoms with Crippen LogP contribution in [0.15, 0.2) is 0 Å². The standard InChI is InChI=1S/C10H11N3S/c11-5-9-8-6-14-4-3-10(8)13(12-9)7-1-2-7/h7H,1-4,6H2. The molecule has 72 valence electrons. The minimum Gasteiger partial charge on any atom is -0.265 e. The summed E-state index contributed by atoms with van der Waals surface area (Å²) in [4.78, 5) is 0. The van der Waals surface area contributed by atoms with E-state index >= 15 is 0 Å². The highest BCUT2D eigenvalue weighted by atomic mass is 32.2. The molecule has 0 saturated heterocycles. The van der Waals surface area contributed by atoms with Crippen molar-refractivity contribution in [2.45, 2.75) is 31.1 Å². The molecule has 3 rings (SSSR count). The highest BCUT2D eigenvalue weighted by Gasteiger charge is 2.30. The maximum Gasteiger partial charge on any atom is 0.166 e. The highest BCUT2D eigenvalue weighted by molar-refractivity contribution is 7.98. The van der Waals surface area contributed by atoms with Crippen LogP contribution in [-0.2, 0) is 12.2 Å². The van der Waals surface area contributed by atoms with Crippen LogP contribution in [0, 0.1) is 11.3 Å². The summed E-state index contributed by atoms with van der Waals surface area (Å²) in [6, 6.07) is 2.82. The molecule has 1 aromatic heterocycles. The SMILES string of the molecule is N#Cc1nn(C2CC2)c2c1CSCC2. The monoisotopic (exact) mass is 205 g/mol. The van der Waals surface area contributed by atoms with Crippen molar-refractivity contribution < 1.29 is 0 Å². The first-order chi connectivity index (χ1) is 6.90. The van der Waals surface area contributed by atoms with Gasteiger partial charge in [-0.25, -0.2) is 0 Å². The molecule has 0 aromatic carbocycles. The molecule has 0 spiro atoms. The normalized spacial score (nSPS) is 20.2. The number of aromatic nitrogens is 2. The number of nitrogens with zero attached hydrogens (tertiary/aromatic N) is 3. The van der Waals surface area contributed by atoms with E-state index in [2.05, 4.69) is 15.8 Å². The van der Waals surface area contributed by atoms with Crippen LogP contribution in [-0.4, -0.2) is 15.5 Å². The molecule has 1 saturated carbocycles. The lowest BCUT2D eigenvalue weighted by atomic mass is 10.1. The number of nitriles is 1. The van der Waals surface area contributed by atoms with Crippen molar-refractivity contribution in [1.82, 2.24) is 9.78 Å². The first kappa shape index (κ1) is 8.37. The van der Waals surface area contributed by atoms with E-state index in [0.29, 0.717) is 11.7 Å². The van der Waals surface area contributed by atoms with E-state index in [1.54, 1.807) is 0 Å². The Labute approximate surface area is 87.1 Å². The fourth-order valence-electron chi connectivity index (χ4n) is 1.97. The average molecular weight is 205 g/mol. The Bertz CT molecular complexity index is 412. The van der Waals surface area contributed by atoms with Gasteiger partial charge in [0.2, 0.25) is 0 Å². The van der Waals surface area contributed by atoms with Gasteiger partial charge in [0.1, 0.15) is 6.07 Å². The number of fused-ring (bicyclic) bond motifs is 1. The van der Waals surface area contributed by atoms with Gasteiger partial charge in [-0.05, 0) is 25.0 Å². The van der Waals surface area contributed by atoms with Crippen molar-refractivity contribution in [2.75, 3.05) is 5.75 Å². The van der Waals surface area contributed by atoms with E-state index in [4.69, 9.17) is 5.26 Å². The molecule has 2 heterocycles. The Kier molecular flexibility index (Phi) is 1.81. The Morgan fingerprint density at radius 3 is 3.07 bits per heavy atom. The van der Waals surface area contributed by atoms with E-state index in [1.165, 1.54) is 29.9 Å². The first-order valence-corrected chi connectivity index (χ1v) is 6.13. The highest BCUT2D eigenvalue weighted by Crippen LogP contribution is 2.38. The van der Waals surface area contributed by atoms with Gasteiger partial charge in [0.15, 0.2) is 5.69 Å². The van der Waals surface area contributed by atoms with Gasteiger partial charge in [-0.15, -0.1) is 0 Å². The van der Waals surface area contributed by atoms with Crippen LogP contribution in [0.1, 0.15) is 35.8 Å². The molecule has 14 heavy (non-hydrogen) atoms. The molecule has 0 unspecified atom stereocenters. The van der Waals surface area contributed by atoms with E-state index in [-0.39, 0.29) is 0 Å². The number of hydrogen-bond acceptors (Lipinski definition) is 3. The smallest absolute Gasteiger partial charge is 0.166 e. The van der Waals surface area contributed by atoms with E-state index in [0.717, 1.165) is 12.2 Å². The molecule has 1 fully saturated rings. The summed E-state index contributed by atoms with van der Waals surface area (Å²) in [5.41, 5.74) is 3.21. The van der Waals surface area contributed by atoms with E-state index in [1.807, 2.05) is 11.8 Å². The number of hydrogen-bond donors (Lipinski definition) is 0. The third-order valence-electron chi connectivity index (χ3n) is 2.85. The van der Waals surface area contributed by atoms with Gasteiger partial charge in [-0.1, -0.05) is 0 Å². The summed E-state index contributed by atoms with van der Waals surface area (Å²) >= 11 is 1.91. The van der Waals surface area contributed by atoms with Gasteiger partial charge in [0.25, 0.3) is 0 Å². The van der Waals surface area contributed by atoms with E-state index < -0.39 is 0 Å². The van der Waals surface area contributed by atoms with Gasteiger partial charge in [0, 0.05) is 17.0 Å². The van der Waals surface area contributed by atoms with Gasteiger partial charge in [-0.2, -0.15) is 22.1 Å². The van der Waals surface area contributed by atoms with Crippen molar-refractivity contribution in [1.29, 1.82) is 5.26 Å². The van der Waals surface area contributed by atoms with Crippen LogP contribution in [0.25, 0.3) is 0 Å². The largest absolute Gasteiger partial charge is 0.265 e. The Morgan fingerprint density at radius 2 is 2.36 bits per heavy atom. The maximum atomic E-state index is 8.97. The summed E-state index contributed by atoms with van der Waals surface area (Å²) in [5.74, 6) is 2.15. The Hall–Kier alpha value is -0.950. The molecule has 0 atom stereocenters. The summed E-state index contributed by atoms with van der Waals surface area (Å²) in [6.45, 7) is 0. The zero-order valence-electron chi connectivity index (χ0n) is 7.86. The van der Waals surface area contributed by atoms with Gasteiger partial charge in [0.05, 0.1) is 6.04 Å². The fourth-order valence-corrected chi connectivity index (χ4v) is 2.96. The lowest BCUT2D eigenvalue weighted by Gasteiger charge is -2.12. The molecule has 0 amide bonds.